The second kappa shape index (κ2) is 11.8. The van der Waals surface area contributed by atoms with E-state index >= 15 is 0 Å². The standard InChI is InChI=1S/C14H29N3O.HI/c1-12(2)11-18-10-9-16-14(15)17-13-7-5-3-4-6-8-13;/h12-13H,3-11H2,1-2H3,(H3,15,16,17);1H. The summed E-state index contributed by atoms with van der Waals surface area (Å²) >= 11 is 0. The van der Waals surface area contributed by atoms with Gasteiger partial charge in [0.05, 0.1) is 13.2 Å². The first-order valence-electron chi connectivity index (χ1n) is 7.32. The van der Waals surface area contributed by atoms with Crippen molar-refractivity contribution >= 4 is 29.9 Å². The van der Waals surface area contributed by atoms with Gasteiger partial charge < -0.3 is 15.8 Å². The van der Waals surface area contributed by atoms with Gasteiger partial charge in [-0.15, -0.1) is 24.0 Å². The lowest BCUT2D eigenvalue weighted by atomic mass is 10.1. The molecule has 0 unspecified atom stereocenters. The summed E-state index contributed by atoms with van der Waals surface area (Å²) < 4.78 is 5.47. The van der Waals surface area contributed by atoms with E-state index in [2.05, 4.69) is 24.2 Å². The van der Waals surface area contributed by atoms with E-state index in [0.29, 0.717) is 31.1 Å². The molecule has 0 heterocycles. The molecule has 0 aromatic rings. The maximum Gasteiger partial charge on any atom is 0.188 e. The molecule has 114 valence electrons. The van der Waals surface area contributed by atoms with Crippen LogP contribution in [0.2, 0.25) is 0 Å². The number of aliphatic imine (C=N–C) groups is 1. The number of rotatable bonds is 6. The molecule has 0 aliphatic heterocycles. The third-order valence-corrected chi connectivity index (χ3v) is 3.18. The molecule has 1 fully saturated rings. The van der Waals surface area contributed by atoms with E-state index in [0.717, 1.165) is 6.61 Å². The average Bonchev–Trinajstić information content (AvgIpc) is 2.56. The van der Waals surface area contributed by atoms with E-state index in [1.807, 2.05) is 0 Å². The fourth-order valence-corrected chi connectivity index (χ4v) is 2.23. The number of ether oxygens (including phenoxy) is 1. The van der Waals surface area contributed by atoms with Crippen LogP contribution in [0.15, 0.2) is 4.99 Å². The fraction of sp³-hybridized carbons (Fsp3) is 0.929. The Bertz CT molecular complexity index is 239. The zero-order valence-corrected chi connectivity index (χ0v) is 14.7. The Kier molecular flexibility index (Phi) is 11.7. The minimum absolute atomic E-state index is 0. The molecule has 1 rings (SSSR count). The second-order valence-electron chi connectivity index (χ2n) is 5.57. The summed E-state index contributed by atoms with van der Waals surface area (Å²) in [5, 5.41) is 3.33. The maximum atomic E-state index is 5.88. The summed E-state index contributed by atoms with van der Waals surface area (Å²) in [6.07, 6.45) is 7.78. The average molecular weight is 383 g/mol. The molecule has 3 N–H and O–H groups in total. The normalized spacial score (nSPS) is 17.9. The van der Waals surface area contributed by atoms with Gasteiger partial charge in [0.25, 0.3) is 0 Å². The molecule has 0 radical (unpaired) electrons. The summed E-state index contributed by atoms with van der Waals surface area (Å²) in [6.45, 7) is 6.39. The van der Waals surface area contributed by atoms with Gasteiger partial charge in [0.1, 0.15) is 0 Å². The summed E-state index contributed by atoms with van der Waals surface area (Å²) in [7, 11) is 0. The van der Waals surface area contributed by atoms with Gasteiger partial charge in [-0.1, -0.05) is 39.5 Å². The maximum absolute atomic E-state index is 5.88. The first-order chi connectivity index (χ1) is 8.68. The molecule has 0 aromatic heterocycles. The Hall–Kier alpha value is -0.0400. The molecule has 5 heteroatoms. The van der Waals surface area contributed by atoms with Crippen LogP contribution in [-0.2, 0) is 4.74 Å². The van der Waals surface area contributed by atoms with Gasteiger partial charge in [-0.25, -0.2) is 0 Å². The van der Waals surface area contributed by atoms with Crippen molar-refractivity contribution in [3.63, 3.8) is 0 Å². The van der Waals surface area contributed by atoms with Gasteiger partial charge in [-0.05, 0) is 18.8 Å². The number of nitrogens with two attached hydrogens (primary N) is 1. The molecule has 4 nitrogen and oxygen atoms in total. The molecule has 0 aromatic carbocycles. The van der Waals surface area contributed by atoms with Crippen molar-refractivity contribution in [1.82, 2.24) is 5.32 Å². The van der Waals surface area contributed by atoms with E-state index in [1.54, 1.807) is 0 Å². The summed E-state index contributed by atoms with van der Waals surface area (Å²) in [5.41, 5.74) is 5.88. The molecule has 0 bridgehead atoms. The first kappa shape index (κ1) is 19.0. The molecular weight excluding hydrogens is 353 g/mol. The molecule has 1 aliphatic carbocycles. The number of halogens is 1. The van der Waals surface area contributed by atoms with Gasteiger partial charge in [-0.2, -0.15) is 0 Å². The van der Waals surface area contributed by atoms with Gasteiger partial charge >= 0.3 is 0 Å². The van der Waals surface area contributed by atoms with Crippen LogP contribution in [0.25, 0.3) is 0 Å². The molecular formula is C14H30IN3O. The summed E-state index contributed by atoms with van der Waals surface area (Å²) in [4.78, 5) is 4.30. The third kappa shape index (κ3) is 10.4. The molecule has 0 amide bonds. The molecule has 0 spiro atoms. The highest BCUT2D eigenvalue weighted by Crippen LogP contribution is 2.16. The number of nitrogens with one attached hydrogen (secondary N) is 1. The van der Waals surface area contributed by atoms with Crippen molar-refractivity contribution in [2.75, 3.05) is 19.8 Å². The Balaban J connectivity index is 0.00000324. The highest BCUT2D eigenvalue weighted by atomic mass is 127. The topological polar surface area (TPSA) is 59.6 Å². The quantitative estimate of drug-likeness (QED) is 0.244. The molecule has 1 aliphatic rings. The van der Waals surface area contributed by atoms with Crippen molar-refractivity contribution in [2.24, 2.45) is 16.6 Å². The van der Waals surface area contributed by atoms with E-state index < -0.39 is 0 Å². The Morgan fingerprint density at radius 2 is 1.89 bits per heavy atom. The van der Waals surface area contributed by atoms with Crippen molar-refractivity contribution in [3.05, 3.63) is 0 Å². The Morgan fingerprint density at radius 3 is 2.47 bits per heavy atom. The van der Waals surface area contributed by atoms with Gasteiger partial charge in [0.2, 0.25) is 0 Å². The largest absolute Gasteiger partial charge is 0.379 e. The van der Waals surface area contributed by atoms with Crippen LogP contribution in [0.5, 0.6) is 0 Å². The Morgan fingerprint density at radius 1 is 1.26 bits per heavy atom. The lowest BCUT2D eigenvalue weighted by molar-refractivity contribution is 0.117. The van der Waals surface area contributed by atoms with Crippen LogP contribution < -0.4 is 11.1 Å². The number of hydrogen-bond donors (Lipinski definition) is 2. The predicted octanol–water partition coefficient (Wildman–Crippen LogP) is 2.90. The van der Waals surface area contributed by atoms with Crippen LogP contribution in [0.4, 0.5) is 0 Å². The number of hydrogen-bond acceptors (Lipinski definition) is 2. The van der Waals surface area contributed by atoms with Crippen LogP contribution in [0.3, 0.4) is 0 Å². The van der Waals surface area contributed by atoms with Crippen molar-refractivity contribution in [2.45, 2.75) is 58.4 Å². The van der Waals surface area contributed by atoms with Crippen molar-refractivity contribution in [3.8, 4) is 0 Å². The van der Waals surface area contributed by atoms with E-state index in [-0.39, 0.29) is 24.0 Å². The molecule has 19 heavy (non-hydrogen) atoms. The van der Waals surface area contributed by atoms with E-state index in [4.69, 9.17) is 10.5 Å². The molecule has 0 atom stereocenters. The second-order valence-corrected chi connectivity index (χ2v) is 5.57. The smallest absolute Gasteiger partial charge is 0.188 e. The highest BCUT2D eigenvalue weighted by molar-refractivity contribution is 14.0. The van der Waals surface area contributed by atoms with E-state index in [9.17, 15) is 0 Å². The predicted molar refractivity (Wildman–Crippen MR) is 92.2 cm³/mol. The highest BCUT2D eigenvalue weighted by Gasteiger charge is 2.11. The summed E-state index contributed by atoms with van der Waals surface area (Å²) in [6, 6.07) is 0.521. The lowest BCUT2D eigenvalue weighted by Gasteiger charge is -2.16. The van der Waals surface area contributed by atoms with Gasteiger partial charge in [-0.3, -0.25) is 4.99 Å². The summed E-state index contributed by atoms with van der Waals surface area (Å²) in [5.74, 6) is 1.16. The lowest BCUT2D eigenvalue weighted by Crippen LogP contribution is -2.40. The minimum Gasteiger partial charge on any atom is -0.379 e. The van der Waals surface area contributed by atoms with Crippen molar-refractivity contribution < 1.29 is 4.74 Å². The molecule has 0 saturated heterocycles. The zero-order chi connectivity index (χ0) is 13.2. The van der Waals surface area contributed by atoms with Crippen LogP contribution >= 0.6 is 24.0 Å². The van der Waals surface area contributed by atoms with Gasteiger partial charge in [0, 0.05) is 12.6 Å². The van der Waals surface area contributed by atoms with Crippen LogP contribution in [0.1, 0.15) is 52.4 Å². The van der Waals surface area contributed by atoms with Crippen LogP contribution in [0, 0.1) is 5.92 Å². The van der Waals surface area contributed by atoms with Crippen LogP contribution in [-0.4, -0.2) is 31.8 Å². The zero-order valence-electron chi connectivity index (χ0n) is 12.4. The SMILES string of the molecule is CC(C)COCCN=C(N)NC1CCCCCC1.I. The first-order valence-corrected chi connectivity index (χ1v) is 7.32. The van der Waals surface area contributed by atoms with E-state index in [1.165, 1.54) is 38.5 Å². The molecule has 1 saturated carbocycles. The number of guanidine groups is 1. The third-order valence-electron chi connectivity index (χ3n) is 3.18. The number of nitrogens with zero attached hydrogens (tertiary/aromatic N) is 1. The Labute approximate surface area is 135 Å². The fourth-order valence-electron chi connectivity index (χ4n) is 2.23. The monoisotopic (exact) mass is 383 g/mol. The van der Waals surface area contributed by atoms with Gasteiger partial charge in [0.15, 0.2) is 5.96 Å². The van der Waals surface area contributed by atoms with Crippen molar-refractivity contribution in [1.29, 1.82) is 0 Å². The minimum atomic E-state index is 0.